The van der Waals surface area contributed by atoms with Gasteiger partial charge in [-0.15, -0.1) is 0 Å². The molecule has 12 rings (SSSR count). The van der Waals surface area contributed by atoms with Crippen molar-refractivity contribution in [1.82, 2.24) is 19.5 Å². The fourth-order valence-corrected chi connectivity index (χ4v) is 8.10. The normalized spacial score (nSPS) is 13.3. The topological polar surface area (TPSA) is 69.9 Å². The Hall–Kier alpha value is -7.83. The molecule has 0 aliphatic heterocycles. The Kier molecular flexibility index (Phi) is 5.64. The zero-order valence-corrected chi connectivity index (χ0v) is 30.0. The zero-order valence-electron chi connectivity index (χ0n) is 36.0. The van der Waals surface area contributed by atoms with Crippen molar-refractivity contribution in [2.45, 2.75) is 0 Å². The lowest BCUT2D eigenvalue weighted by Crippen LogP contribution is -2.02. The van der Waals surface area contributed by atoms with Crippen LogP contribution in [0.1, 0.15) is 8.22 Å². The second-order valence-corrected chi connectivity index (χ2v) is 13.9. The molecule has 0 fully saturated rings. The molecule has 0 amide bonds. The van der Waals surface area contributed by atoms with Crippen LogP contribution < -0.4 is 0 Å². The lowest BCUT2D eigenvalue weighted by atomic mass is 9.98. The maximum atomic E-state index is 9.32. The summed E-state index contributed by atoms with van der Waals surface area (Å²) in [5.74, 6) is 1.22. The number of nitrogens with zero attached hydrogens (tertiary/aromatic N) is 4. The molecule has 0 spiro atoms. The molecule has 0 bridgehead atoms. The van der Waals surface area contributed by atoms with Crippen molar-refractivity contribution in [2.24, 2.45) is 0 Å². The first-order valence-corrected chi connectivity index (χ1v) is 18.5. The van der Waals surface area contributed by atoms with Crippen LogP contribution in [0, 0.1) is 0 Å². The molecular weight excluding hydrogens is 701 g/mol. The molecule has 0 radical (unpaired) electrons. The van der Waals surface area contributed by atoms with Gasteiger partial charge in [0.1, 0.15) is 22.3 Å². The van der Waals surface area contributed by atoms with Crippen LogP contribution in [0.25, 0.3) is 117 Å². The van der Waals surface area contributed by atoms with Gasteiger partial charge >= 0.3 is 0 Å². The van der Waals surface area contributed by atoms with E-state index in [-0.39, 0.29) is 58.1 Å². The van der Waals surface area contributed by atoms with E-state index in [1.807, 2.05) is 133 Å². The first-order chi connectivity index (χ1) is 30.7. The van der Waals surface area contributed by atoms with Crippen LogP contribution in [0.15, 0.2) is 191 Å². The van der Waals surface area contributed by atoms with Gasteiger partial charge in [-0.2, -0.15) is 0 Å². The average Bonchev–Trinajstić information content (AvgIpc) is 4.01. The highest BCUT2D eigenvalue weighted by Gasteiger charge is 2.22. The lowest BCUT2D eigenvalue weighted by Gasteiger charge is -2.16. The van der Waals surface area contributed by atoms with Gasteiger partial charge in [0.2, 0.25) is 0 Å². The lowest BCUT2D eigenvalue weighted by molar-refractivity contribution is 0.669. The maximum Gasteiger partial charge on any atom is 0.164 e. The molecule has 4 heterocycles. The molecule has 266 valence electrons. The summed E-state index contributed by atoms with van der Waals surface area (Å²) in [4.78, 5) is 15.3. The number of rotatable bonds is 5. The van der Waals surface area contributed by atoms with Crippen LogP contribution in [0.2, 0.25) is 0 Å². The molecule has 0 unspecified atom stereocenters. The summed E-state index contributed by atoms with van der Waals surface area (Å²) in [6.45, 7) is 0. The van der Waals surface area contributed by atoms with Gasteiger partial charge in [0, 0.05) is 60.1 Å². The van der Waals surface area contributed by atoms with Crippen LogP contribution in [0.4, 0.5) is 0 Å². The predicted octanol–water partition coefficient (Wildman–Crippen LogP) is 13.4. The summed E-state index contributed by atoms with van der Waals surface area (Å²) in [6, 6.07) is 44.6. The highest BCUT2D eigenvalue weighted by atomic mass is 16.3. The molecule has 0 aliphatic rings. The van der Waals surface area contributed by atoms with E-state index < -0.39 is 0 Å². The number of para-hydroxylation sites is 5. The number of fused-ring (bicyclic) bond motifs is 9. The van der Waals surface area contributed by atoms with Gasteiger partial charge in [-0.1, -0.05) is 145 Å². The van der Waals surface area contributed by atoms with E-state index in [4.69, 9.17) is 29.3 Å². The molecule has 0 atom stereocenters. The van der Waals surface area contributed by atoms with Crippen molar-refractivity contribution in [3.05, 3.63) is 182 Å². The maximum absolute atomic E-state index is 9.32. The second kappa shape index (κ2) is 12.3. The standard InChI is InChI=1S/C51H30N4O2/c1-2-14-31(15-3-1)49-52-50(54-51(53-49)40-22-13-27-46-47(40)39-19-7-11-26-45(39)56-46)32-28-29-35(37-20-12-21-38-36-18-6-10-25-44(36)57-48(37)38)43(30-32)55-41-23-8-4-16-33(41)34-17-5-9-24-42(34)55/h1-30H/i4D,5D,16D,17D,23D,24D. The quantitative estimate of drug-likeness (QED) is 0.176. The molecular formula is C51H30N4O2. The van der Waals surface area contributed by atoms with E-state index in [2.05, 4.69) is 0 Å². The summed E-state index contributed by atoms with van der Waals surface area (Å²) in [5, 5.41) is 3.95. The second-order valence-electron chi connectivity index (χ2n) is 13.9. The Labute approximate surface area is 334 Å². The molecule has 4 aromatic heterocycles. The van der Waals surface area contributed by atoms with Gasteiger partial charge in [-0.3, -0.25) is 0 Å². The van der Waals surface area contributed by atoms with Crippen LogP contribution in [0.5, 0.6) is 0 Å². The molecule has 0 N–H and O–H groups in total. The Morgan fingerprint density at radius 1 is 0.421 bits per heavy atom. The molecule has 8 aromatic carbocycles. The monoisotopic (exact) mass is 736 g/mol. The number of aromatic nitrogens is 4. The van der Waals surface area contributed by atoms with E-state index in [9.17, 15) is 2.74 Å². The minimum atomic E-state index is -0.198. The van der Waals surface area contributed by atoms with Gasteiger partial charge in [0.15, 0.2) is 17.5 Å². The van der Waals surface area contributed by atoms with E-state index in [1.165, 1.54) is 12.1 Å². The van der Waals surface area contributed by atoms with Crippen molar-refractivity contribution >= 4 is 65.7 Å². The molecule has 0 saturated heterocycles. The molecule has 0 saturated carbocycles. The van der Waals surface area contributed by atoms with Gasteiger partial charge < -0.3 is 13.4 Å². The van der Waals surface area contributed by atoms with Crippen LogP contribution in [-0.4, -0.2) is 19.5 Å². The predicted molar refractivity (Wildman–Crippen MR) is 230 cm³/mol. The van der Waals surface area contributed by atoms with Crippen molar-refractivity contribution in [3.63, 3.8) is 0 Å². The third-order valence-corrected chi connectivity index (χ3v) is 10.6. The molecule has 6 heteroatoms. The van der Waals surface area contributed by atoms with Crippen molar-refractivity contribution in [2.75, 3.05) is 0 Å². The number of hydrogen-bond donors (Lipinski definition) is 0. The molecule has 0 aliphatic carbocycles. The molecule has 6 nitrogen and oxygen atoms in total. The summed E-state index contributed by atoms with van der Waals surface area (Å²) in [7, 11) is 0. The van der Waals surface area contributed by atoms with Crippen LogP contribution in [-0.2, 0) is 0 Å². The fraction of sp³-hybridized carbons (Fsp3) is 0. The number of benzene rings is 8. The minimum Gasteiger partial charge on any atom is -0.456 e. The van der Waals surface area contributed by atoms with E-state index in [0.29, 0.717) is 51.0 Å². The zero-order chi connectivity index (χ0) is 42.7. The van der Waals surface area contributed by atoms with Crippen molar-refractivity contribution < 1.29 is 17.1 Å². The van der Waals surface area contributed by atoms with E-state index in [0.717, 1.165) is 43.8 Å². The Balaban J connectivity index is 1.20. The highest BCUT2D eigenvalue weighted by Crippen LogP contribution is 2.43. The smallest absolute Gasteiger partial charge is 0.164 e. The average molecular weight is 737 g/mol. The van der Waals surface area contributed by atoms with Gasteiger partial charge in [-0.05, 0) is 36.4 Å². The van der Waals surface area contributed by atoms with E-state index >= 15 is 0 Å². The third-order valence-electron chi connectivity index (χ3n) is 10.6. The summed E-state index contributed by atoms with van der Waals surface area (Å²) < 4.78 is 68.7. The highest BCUT2D eigenvalue weighted by molar-refractivity contribution is 6.13. The SMILES string of the molecule is [2H]c1cc([2H])c2c(c1[2H])c1c([2H])c([2H])cc([2H])c1n2-c1cc(-c2nc(-c3ccccc3)nc(-c3cccc4oc5ccccc5c34)n2)ccc1-c1cccc2c1oc1ccccc12. The number of hydrogen-bond acceptors (Lipinski definition) is 5. The van der Waals surface area contributed by atoms with Gasteiger partial charge in [0.05, 0.1) is 24.9 Å². The van der Waals surface area contributed by atoms with E-state index in [1.54, 1.807) is 4.57 Å². The first kappa shape index (κ1) is 26.1. The third kappa shape index (κ3) is 4.87. The van der Waals surface area contributed by atoms with Gasteiger partial charge in [-0.25, -0.2) is 15.0 Å². The Morgan fingerprint density at radius 2 is 1.04 bits per heavy atom. The van der Waals surface area contributed by atoms with Crippen molar-refractivity contribution in [1.29, 1.82) is 0 Å². The Bertz CT molecular complexity index is 3820. The molecule has 57 heavy (non-hydrogen) atoms. The first-order valence-electron chi connectivity index (χ1n) is 21.5. The minimum absolute atomic E-state index is 0.0694. The summed E-state index contributed by atoms with van der Waals surface area (Å²) >= 11 is 0. The van der Waals surface area contributed by atoms with Crippen LogP contribution >= 0.6 is 0 Å². The summed E-state index contributed by atoms with van der Waals surface area (Å²) in [5.41, 5.74) is 7.24. The Morgan fingerprint density at radius 3 is 1.82 bits per heavy atom. The number of furan rings is 2. The largest absolute Gasteiger partial charge is 0.456 e. The summed E-state index contributed by atoms with van der Waals surface area (Å²) in [6.07, 6.45) is 0. The molecule has 12 aromatic rings. The van der Waals surface area contributed by atoms with Crippen molar-refractivity contribution in [3.8, 4) is 51.0 Å². The van der Waals surface area contributed by atoms with Crippen LogP contribution in [0.3, 0.4) is 0 Å². The van der Waals surface area contributed by atoms with Gasteiger partial charge in [0.25, 0.3) is 0 Å². The fourth-order valence-electron chi connectivity index (χ4n) is 8.10.